The first-order valence-corrected chi connectivity index (χ1v) is 8.67. The fraction of sp³-hybridized carbons (Fsp3) is 0.421. The van der Waals surface area contributed by atoms with E-state index in [1.807, 2.05) is 54.4 Å². The zero-order valence-corrected chi connectivity index (χ0v) is 14.5. The lowest BCUT2D eigenvalue weighted by Crippen LogP contribution is -2.41. The van der Waals surface area contributed by atoms with Gasteiger partial charge in [-0.2, -0.15) is 5.10 Å². The van der Waals surface area contributed by atoms with Gasteiger partial charge in [-0.15, -0.1) is 5.10 Å². The van der Waals surface area contributed by atoms with Crippen molar-refractivity contribution in [3.63, 3.8) is 0 Å². The molecule has 0 spiro atoms. The summed E-state index contributed by atoms with van der Waals surface area (Å²) in [6.07, 6.45) is 2.85. The van der Waals surface area contributed by atoms with Crippen LogP contribution in [0.15, 0.2) is 42.5 Å². The Morgan fingerprint density at radius 3 is 2.72 bits per heavy atom. The molecule has 1 aliphatic rings. The third-order valence-electron chi connectivity index (χ3n) is 4.70. The van der Waals surface area contributed by atoms with Crippen LogP contribution in [0, 0.1) is 5.92 Å². The number of nitrogens with zero attached hydrogens (tertiary/aromatic N) is 4. The summed E-state index contributed by atoms with van der Waals surface area (Å²) >= 11 is 0. The molecule has 1 aromatic carbocycles. The Morgan fingerprint density at radius 1 is 1.24 bits per heavy atom. The fourth-order valence-corrected chi connectivity index (χ4v) is 3.28. The van der Waals surface area contributed by atoms with Gasteiger partial charge in [-0.3, -0.25) is 4.79 Å². The molecule has 132 valence electrons. The number of hydrogen-bond donors (Lipinski definition) is 1. The van der Waals surface area contributed by atoms with Crippen LogP contribution in [0.2, 0.25) is 0 Å². The zero-order chi connectivity index (χ0) is 17.6. The maximum Gasteiger partial charge on any atom is 0.248 e. The number of aliphatic hydroxyl groups is 1. The molecular formula is C19H24N4O2. The van der Waals surface area contributed by atoms with Crippen molar-refractivity contribution in [3.05, 3.63) is 48.2 Å². The number of aliphatic hydroxyl groups excluding tert-OH is 1. The smallest absolute Gasteiger partial charge is 0.248 e. The molecule has 25 heavy (non-hydrogen) atoms. The van der Waals surface area contributed by atoms with Crippen LogP contribution in [0.1, 0.15) is 18.5 Å². The highest BCUT2D eigenvalue weighted by Crippen LogP contribution is 2.23. The number of para-hydroxylation sites is 1. The molecule has 1 N–H and O–H groups in total. The highest BCUT2D eigenvalue weighted by molar-refractivity contribution is 5.77. The van der Waals surface area contributed by atoms with E-state index < -0.39 is 6.61 Å². The summed E-state index contributed by atoms with van der Waals surface area (Å²) in [6, 6.07) is 14.0. The first kappa shape index (κ1) is 17.4. The molecule has 2 aromatic rings. The second kappa shape index (κ2) is 8.07. The van der Waals surface area contributed by atoms with Crippen LogP contribution in [-0.4, -0.2) is 52.9 Å². The molecule has 1 saturated heterocycles. The number of amides is 1. The third kappa shape index (κ3) is 4.33. The molecule has 0 radical (unpaired) electrons. The number of likely N-dealkylation sites (tertiary alicyclic amines) is 1. The molecule has 1 unspecified atom stereocenters. The maximum atomic E-state index is 11.7. The minimum Gasteiger partial charge on any atom is -0.387 e. The van der Waals surface area contributed by atoms with Crippen LogP contribution in [0.5, 0.6) is 0 Å². The molecule has 6 heteroatoms. The molecular weight excluding hydrogens is 316 g/mol. The second-order valence-corrected chi connectivity index (χ2v) is 6.49. The van der Waals surface area contributed by atoms with Crippen molar-refractivity contribution in [2.45, 2.75) is 19.3 Å². The first-order chi connectivity index (χ1) is 12.2. The summed E-state index contributed by atoms with van der Waals surface area (Å²) < 4.78 is 0. The van der Waals surface area contributed by atoms with Crippen molar-refractivity contribution < 1.29 is 9.90 Å². The van der Waals surface area contributed by atoms with E-state index in [-0.39, 0.29) is 5.91 Å². The number of rotatable bonds is 5. The third-order valence-corrected chi connectivity index (χ3v) is 4.70. The predicted molar refractivity (Wildman–Crippen MR) is 96.6 cm³/mol. The molecule has 1 fully saturated rings. The summed E-state index contributed by atoms with van der Waals surface area (Å²) in [7, 11) is 1.97. The van der Waals surface area contributed by atoms with Gasteiger partial charge in [0, 0.05) is 25.8 Å². The molecule has 1 atom stereocenters. The Bertz CT molecular complexity index is 690. The standard InChI is InChI=1S/C19H24N4O2/c1-22(17-7-3-2-4-8-17)18-10-9-16(20-21-18)12-15-6-5-11-23(13-15)19(25)14-24/h2-4,7-10,15,24H,5-6,11-14H2,1H3. The summed E-state index contributed by atoms with van der Waals surface area (Å²) in [5, 5.41) is 17.7. The van der Waals surface area contributed by atoms with Crippen LogP contribution in [0.25, 0.3) is 0 Å². The average molecular weight is 340 g/mol. The highest BCUT2D eigenvalue weighted by atomic mass is 16.3. The summed E-state index contributed by atoms with van der Waals surface area (Å²) in [6.45, 7) is 1.02. The quantitative estimate of drug-likeness (QED) is 0.902. The maximum absolute atomic E-state index is 11.7. The van der Waals surface area contributed by atoms with E-state index in [0.717, 1.165) is 43.0 Å². The number of benzene rings is 1. The lowest BCUT2D eigenvalue weighted by atomic mass is 9.93. The van der Waals surface area contributed by atoms with E-state index >= 15 is 0 Å². The number of piperidine rings is 1. The Labute approximate surface area is 148 Å². The van der Waals surface area contributed by atoms with Crippen molar-refractivity contribution in [1.82, 2.24) is 15.1 Å². The van der Waals surface area contributed by atoms with Crippen molar-refractivity contribution in [2.75, 3.05) is 31.6 Å². The number of carbonyl (C=O) groups is 1. The van der Waals surface area contributed by atoms with Crippen molar-refractivity contribution in [2.24, 2.45) is 5.92 Å². The normalized spacial score (nSPS) is 17.4. The molecule has 1 aliphatic heterocycles. The average Bonchev–Trinajstić information content (AvgIpc) is 2.68. The van der Waals surface area contributed by atoms with Gasteiger partial charge in [-0.25, -0.2) is 0 Å². The SMILES string of the molecule is CN(c1ccccc1)c1ccc(CC2CCCN(C(=O)CO)C2)nn1. The first-order valence-electron chi connectivity index (χ1n) is 8.67. The molecule has 0 bridgehead atoms. The number of anilines is 2. The van der Waals surface area contributed by atoms with Crippen molar-refractivity contribution in [3.8, 4) is 0 Å². The molecule has 0 saturated carbocycles. The van der Waals surface area contributed by atoms with Crippen LogP contribution in [0.4, 0.5) is 11.5 Å². The van der Waals surface area contributed by atoms with Gasteiger partial charge in [0.1, 0.15) is 6.61 Å². The Balaban J connectivity index is 1.62. The summed E-state index contributed by atoms with van der Waals surface area (Å²) in [5.41, 5.74) is 2.00. The van der Waals surface area contributed by atoms with Crippen molar-refractivity contribution >= 4 is 17.4 Å². The van der Waals surface area contributed by atoms with Gasteiger partial charge in [0.2, 0.25) is 5.91 Å². The fourth-order valence-electron chi connectivity index (χ4n) is 3.28. The van der Waals surface area contributed by atoms with E-state index in [1.54, 1.807) is 4.90 Å². The van der Waals surface area contributed by atoms with Gasteiger partial charge in [0.25, 0.3) is 0 Å². The molecule has 1 aromatic heterocycles. The number of hydrogen-bond acceptors (Lipinski definition) is 5. The van der Waals surface area contributed by atoms with Crippen LogP contribution in [0.3, 0.4) is 0 Å². The largest absolute Gasteiger partial charge is 0.387 e. The van der Waals surface area contributed by atoms with Crippen molar-refractivity contribution in [1.29, 1.82) is 0 Å². The highest BCUT2D eigenvalue weighted by Gasteiger charge is 2.23. The lowest BCUT2D eigenvalue weighted by molar-refractivity contribution is -0.136. The molecule has 1 amide bonds. The molecule has 2 heterocycles. The van der Waals surface area contributed by atoms with E-state index in [9.17, 15) is 4.79 Å². The minimum atomic E-state index is -0.410. The zero-order valence-electron chi connectivity index (χ0n) is 14.5. The van der Waals surface area contributed by atoms with Gasteiger partial charge in [0.15, 0.2) is 5.82 Å². The van der Waals surface area contributed by atoms with Gasteiger partial charge >= 0.3 is 0 Å². The topological polar surface area (TPSA) is 69.6 Å². The van der Waals surface area contributed by atoms with E-state index in [1.165, 1.54) is 0 Å². The monoisotopic (exact) mass is 340 g/mol. The van der Waals surface area contributed by atoms with Crippen LogP contribution >= 0.6 is 0 Å². The molecule has 3 rings (SSSR count). The van der Waals surface area contributed by atoms with E-state index in [0.29, 0.717) is 12.5 Å². The van der Waals surface area contributed by atoms with Gasteiger partial charge in [-0.05, 0) is 49.4 Å². The van der Waals surface area contributed by atoms with E-state index in [2.05, 4.69) is 10.2 Å². The second-order valence-electron chi connectivity index (χ2n) is 6.49. The van der Waals surface area contributed by atoms with Gasteiger partial charge < -0.3 is 14.9 Å². The Hall–Kier alpha value is -2.47. The lowest BCUT2D eigenvalue weighted by Gasteiger charge is -2.32. The van der Waals surface area contributed by atoms with E-state index in [4.69, 9.17) is 5.11 Å². The van der Waals surface area contributed by atoms with Gasteiger partial charge in [0.05, 0.1) is 5.69 Å². The molecule has 6 nitrogen and oxygen atoms in total. The van der Waals surface area contributed by atoms with Crippen LogP contribution in [-0.2, 0) is 11.2 Å². The predicted octanol–water partition coefficient (Wildman–Crippen LogP) is 2.02. The van der Waals surface area contributed by atoms with Gasteiger partial charge in [-0.1, -0.05) is 18.2 Å². The summed E-state index contributed by atoms with van der Waals surface area (Å²) in [4.78, 5) is 15.4. The summed E-state index contributed by atoms with van der Waals surface area (Å²) in [5.74, 6) is 0.988. The Kier molecular flexibility index (Phi) is 5.60. The molecule has 0 aliphatic carbocycles. The number of aromatic nitrogens is 2. The minimum absolute atomic E-state index is 0.185. The Morgan fingerprint density at radius 2 is 2.04 bits per heavy atom. The number of carbonyl (C=O) groups excluding carboxylic acids is 1. The van der Waals surface area contributed by atoms with Crippen LogP contribution < -0.4 is 4.90 Å².